The topological polar surface area (TPSA) is 20.2 Å². The van der Waals surface area contributed by atoms with Gasteiger partial charge >= 0.3 is 0 Å². The molecule has 1 N–H and O–H groups in total. The van der Waals surface area contributed by atoms with Gasteiger partial charge in [0.2, 0.25) is 0 Å². The third-order valence-electron chi connectivity index (χ3n) is 5.68. The molecule has 2 bridgehead atoms. The van der Waals surface area contributed by atoms with Crippen LogP contribution in [0.1, 0.15) is 59.8 Å². The van der Waals surface area contributed by atoms with Crippen LogP contribution >= 0.6 is 0 Å². The van der Waals surface area contributed by atoms with Crippen molar-refractivity contribution in [2.45, 2.75) is 65.9 Å². The Kier molecular flexibility index (Phi) is 2.94. The second-order valence-corrected chi connectivity index (χ2v) is 6.64. The maximum atomic E-state index is 10.2. The van der Waals surface area contributed by atoms with Gasteiger partial charge in [-0.3, -0.25) is 0 Å². The van der Waals surface area contributed by atoms with Gasteiger partial charge in [0, 0.05) is 0 Å². The summed E-state index contributed by atoms with van der Waals surface area (Å²) >= 11 is 0. The molecule has 0 spiro atoms. The number of hydrogen-bond donors (Lipinski definition) is 1. The molecule has 1 heteroatoms. The molecular weight excluding hydrogens is 196 g/mol. The smallest absolute Gasteiger partial charge is 0.0601 e. The van der Waals surface area contributed by atoms with E-state index in [2.05, 4.69) is 33.8 Å². The molecule has 1 nitrogen and oxygen atoms in total. The van der Waals surface area contributed by atoms with Crippen LogP contribution in [0, 0.1) is 16.7 Å². The van der Waals surface area contributed by atoms with E-state index in [1.165, 1.54) is 31.3 Å². The first-order valence-electron chi connectivity index (χ1n) is 6.71. The highest BCUT2D eigenvalue weighted by Crippen LogP contribution is 2.67. The number of fused-ring (bicyclic) bond motifs is 2. The van der Waals surface area contributed by atoms with Crippen LogP contribution in [0.5, 0.6) is 0 Å². The lowest BCUT2D eigenvalue weighted by Crippen LogP contribution is -2.37. The van der Waals surface area contributed by atoms with E-state index in [0.717, 1.165) is 12.3 Å². The van der Waals surface area contributed by atoms with Gasteiger partial charge in [-0.05, 0) is 62.7 Å². The molecule has 4 atom stereocenters. The summed E-state index contributed by atoms with van der Waals surface area (Å²) in [6.45, 7) is 9.07. The largest absolute Gasteiger partial charge is 0.393 e. The zero-order valence-electron chi connectivity index (χ0n) is 11.2. The van der Waals surface area contributed by atoms with Gasteiger partial charge in [-0.25, -0.2) is 0 Å². The van der Waals surface area contributed by atoms with Crippen molar-refractivity contribution in [3.8, 4) is 0 Å². The molecule has 2 rings (SSSR count). The highest BCUT2D eigenvalue weighted by atomic mass is 16.3. The van der Waals surface area contributed by atoms with Crippen molar-refractivity contribution in [2.75, 3.05) is 0 Å². The van der Waals surface area contributed by atoms with Crippen LogP contribution in [0.25, 0.3) is 0 Å². The molecular formula is C15H26O. The molecule has 0 aromatic heterocycles. The van der Waals surface area contributed by atoms with Gasteiger partial charge in [0.25, 0.3) is 0 Å². The highest BCUT2D eigenvalue weighted by Gasteiger charge is 2.62. The van der Waals surface area contributed by atoms with Crippen molar-refractivity contribution in [3.05, 3.63) is 11.6 Å². The summed E-state index contributed by atoms with van der Waals surface area (Å²) in [5, 5.41) is 10.2. The average Bonchev–Trinajstić information content (AvgIpc) is 2.52. The fraction of sp³-hybridized carbons (Fsp3) is 0.867. The molecule has 0 saturated heterocycles. The van der Waals surface area contributed by atoms with Gasteiger partial charge in [-0.2, -0.15) is 0 Å². The highest BCUT2D eigenvalue weighted by molar-refractivity contribution is 5.13. The third kappa shape index (κ3) is 1.55. The Hall–Kier alpha value is -0.300. The molecule has 92 valence electrons. The molecule has 16 heavy (non-hydrogen) atoms. The monoisotopic (exact) mass is 222 g/mol. The molecule has 2 aliphatic carbocycles. The van der Waals surface area contributed by atoms with Crippen molar-refractivity contribution in [2.24, 2.45) is 16.7 Å². The Morgan fingerprint density at radius 1 is 1.38 bits per heavy atom. The van der Waals surface area contributed by atoms with Crippen molar-refractivity contribution < 1.29 is 5.11 Å². The van der Waals surface area contributed by atoms with Crippen molar-refractivity contribution in [1.29, 1.82) is 0 Å². The Balaban J connectivity index is 2.10. The zero-order chi connectivity index (χ0) is 12.0. The predicted molar refractivity (Wildman–Crippen MR) is 68.2 cm³/mol. The van der Waals surface area contributed by atoms with Crippen LogP contribution in [-0.2, 0) is 0 Å². The van der Waals surface area contributed by atoms with Gasteiger partial charge in [-0.1, -0.05) is 25.5 Å². The van der Waals surface area contributed by atoms with Crippen LogP contribution in [0.2, 0.25) is 0 Å². The maximum Gasteiger partial charge on any atom is 0.0601 e. The van der Waals surface area contributed by atoms with Crippen LogP contribution < -0.4 is 0 Å². The summed E-state index contributed by atoms with van der Waals surface area (Å²) in [6.07, 6.45) is 8.32. The quantitative estimate of drug-likeness (QED) is 0.718. The maximum absolute atomic E-state index is 10.2. The van der Waals surface area contributed by atoms with Crippen molar-refractivity contribution in [3.63, 3.8) is 0 Å². The molecule has 2 saturated carbocycles. The fourth-order valence-electron chi connectivity index (χ4n) is 4.15. The molecule has 0 unspecified atom stereocenters. The lowest BCUT2D eigenvalue weighted by atomic mass is 9.66. The average molecular weight is 222 g/mol. The summed E-state index contributed by atoms with van der Waals surface area (Å²) in [6, 6.07) is 0. The first-order chi connectivity index (χ1) is 7.40. The standard InChI is InChI=1S/C15H26O/c1-11(2)6-5-8-14(3)12-7-9-15(14,4)13(16)10-12/h6,12-13,16H,5,7-10H2,1-4H3/t12-,13+,14+,15+/m0/s1. The normalized spacial score (nSPS) is 46.1. The van der Waals surface area contributed by atoms with E-state index in [1.54, 1.807) is 0 Å². The van der Waals surface area contributed by atoms with E-state index < -0.39 is 0 Å². The predicted octanol–water partition coefficient (Wildman–Crippen LogP) is 3.92. The van der Waals surface area contributed by atoms with Gasteiger partial charge in [0.05, 0.1) is 6.10 Å². The molecule has 0 aromatic rings. The minimum Gasteiger partial charge on any atom is -0.393 e. The Labute approximate surface area is 99.9 Å². The molecule has 0 radical (unpaired) electrons. The minimum absolute atomic E-state index is 0.0528. The number of rotatable bonds is 3. The zero-order valence-corrected chi connectivity index (χ0v) is 11.2. The van der Waals surface area contributed by atoms with Crippen LogP contribution in [0.4, 0.5) is 0 Å². The summed E-state index contributed by atoms with van der Waals surface area (Å²) in [7, 11) is 0. The fourth-order valence-corrected chi connectivity index (χ4v) is 4.15. The van der Waals surface area contributed by atoms with E-state index in [4.69, 9.17) is 0 Å². The van der Waals surface area contributed by atoms with E-state index in [0.29, 0.717) is 5.41 Å². The number of aliphatic hydroxyl groups is 1. The molecule has 0 heterocycles. The lowest BCUT2D eigenvalue weighted by Gasteiger charge is -2.40. The Bertz CT molecular complexity index is 303. The second kappa shape index (κ2) is 3.87. The summed E-state index contributed by atoms with van der Waals surface area (Å²) in [4.78, 5) is 0. The van der Waals surface area contributed by atoms with Crippen LogP contribution in [0.15, 0.2) is 11.6 Å². The first kappa shape index (κ1) is 12.2. The van der Waals surface area contributed by atoms with Crippen LogP contribution in [0.3, 0.4) is 0 Å². The first-order valence-corrected chi connectivity index (χ1v) is 6.71. The second-order valence-electron chi connectivity index (χ2n) is 6.64. The molecule has 2 aliphatic rings. The molecule has 0 aliphatic heterocycles. The van der Waals surface area contributed by atoms with E-state index in [1.807, 2.05) is 0 Å². The Morgan fingerprint density at radius 2 is 2.06 bits per heavy atom. The van der Waals surface area contributed by atoms with Gasteiger partial charge in [0.15, 0.2) is 0 Å². The number of hydrogen-bond acceptors (Lipinski definition) is 1. The minimum atomic E-state index is -0.0528. The Morgan fingerprint density at radius 3 is 2.50 bits per heavy atom. The summed E-state index contributed by atoms with van der Waals surface area (Å²) < 4.78 is 0. The van der Waals surface area contributed by atoms with Crippen molar-refractivity contribution >= 4 is 0 Å². The number of allylic oxidation sites excluding steroid dienone is 2. The lowest BCUT2D eigenvalue weighted by molar-refractivity contribution is 0.00200. The van der Waals surface area contributed by atoms with E-state index >= 15 is 0 Å². The molecule has 2 fully saturated rings. The summed E-state index contributed by atoms with van der Waals surface area (Å²) in [5.74, 6) is 0.762. The SMILES string of the molecule is CC(C)=CCC[C@]1(C)[C@H]2CC[C@]1(C)[C@H](O)C2. The van der Waals surface area contributed by atoms with E-state index in [-0.39, 0.29) is 11.5 Å². The number of aliphatic hydroxyl groups excluding tert-OH is 1. The molecule has 0 amide bonds. The summed E-state index contributed by atoms with van der Waals surface area (Å²) in [5.41, 5.74) is 1.98. The van der Waals surface area contributed by atoms with Gasteiger partial charge in [-0.15, -0.1) is 0 Å². The van der Waals surface area contributed by atoms with Crippen LogP contribution in [-0.4, -0.2) is 11.2 Å². The van der Waals surface area contributed by atoms with Gasteiger partial charge < -0.3 is 5.11 Å². The van der Waals surface area contributed by atoms with E-state index in [9.17, 15) is 5.11 Å². The molecule has 0 aromatic carbocycles. The van der Waals surface area contributed by atoms with Crippen molar-refractivity contribution in [1.82, 2.24) is 0 Å². The third-order valence-corrected chi connectivity index (χ3v) is 5.68. The van der Waals surface area contributed by atoms with Gasteiger partial charge in [0.1, 0.15) is 0 Å².